The van der Waals surface area contributed by atoms with Gasteiger partial charge in [-0.2, -0.15) is 0 Å². The second-order valence-electron chi connectivity index (χ2n) is 6.61. The minimum absolute atomic E-state index is 0.0794. The minimum Gasteiger partial charge on any atom is -0.508 e. The molecule has 27 heavy (non-hydrogen) atoms. The van der Waals surface area contributed by atoms with Crippen LogP contribution in [0.3, 0.4) is 0 Å². The zero-order chi connectivity index (χ0) is 19.8. The fraction of sp³-hybridized carbons (Fsp3) is 0.174. The van der Waals surface area contributed by atoms with Crippen molar-refractivity contribution < 1.29 is 9.90 Å². The van der Waals surface area contributed by atoms with Gasteiger partial charge in [-0.1, -0.05) is 36.4 Å². The Bertz CT molecular complexity index is 843. The van der Waals surface area contributed by atoms with Crippen molar-refractivity contribution in [2.24, 2.45) is 0 Å². The number of allylic oxidation sites excluding steroid dienone is 3. The summed E-state index contributed by atoms with van der Waals surface area (Å²) in [5.41, 5.74) is 4.08. The lowest BCUT2D eigenvalue weighted by Gasteiger charge is -2.11. The molecule has 0 spiro atoms. The minimum atomic E-state index is -0.267. The lowest BCUT2D eigenvalue weighted by Crippen LogP contribution is -2.07. The third-order valence-corrected chi connectivity index (χ3v) is 4.00. The van der Waals surface area contributed by atoms with Crippen LogP contribution in [0.25, 0.3) is 12.2 Å². The van der Waals surface area contributed by atoms with Crippen LogP contribution in [-0.2, 0) is 4.79 Å². The summed E-state index contributed by atoms with van der Waals surface area (Å²) in [6.45, 7) is 0. The van der Waals surface area contributed by atoms with Crippen LogP contribution < -0.4 is 9.80 Å². The van der Waals surface area contributed by atoms with Gasteiger partial charge in [-0.25, -0.2) is 0 Å². The first kappa shape index (κ1) is 20.0. The first-order chi connectivity index (χ1) is 12.8. The number of hydrogen-bond donors (Lipinski definition) is 1. The summed E-state index contributed by atoms with van der Waals surface area (Å²) < 4.78 is 0. The van der Waals surface area contributed by atoms with E-state index in [1.807, 2.05) is 86.5 Å². The van der Waals surface area contributed by atoms with Gasteiger partial charge in [-0.3, -0.25) is 4.79 Å². The highest BCUT2D eigenvalue weighted by molar-refractivity contribution is 6.02. The molecule has 0 bridgehead atoms. The highest BCUT2D eigenvalue weighted by atomic mass is 16.3. The number of aliphatic hydroxyl groups excluding tert-OH is 1. The van der Waals surface area contributed by atoms with E-state index in [0.717, 1.165) is 22.5 Å². The van der Waals surface area contributed by atoms with Gasteiger partial charge in [0, 0.05) is 45.6 Å². The van der Waals surface area contributed by atoms with E-state index in [1.165, 1.54) is 18.2 Å². The summed E-state index contributed by atoms with van der Waals surface area (Å²) in [5, 5.41) is 9.92. The molecular weight excluding hydrogens is 336 g/mol. The summed E-state index contributed by atoms with van der Waals surface area (Å²) in [6, 6.07) is 15.8. The highest BCUT2D eigenvalue weighted by Gasteiger charge is 1.97. The molecule has 4 heteroatoms. The van der Waals surface area contributed by atoms with Gasteiger partial charge < -0.3 is 14.9 Å². The molecule has 0 aromatic heterocycles. The van der Waals surface area contributed by atoms with Crippen LogP contribution in [0, 0.1) is 0 Å². The van der Waals surface area contributed by atoms with Gasteiger partial charge in [0.2, 0.25) is 0 Å². The topological polar surface area (TPSA) is 43.8 Å². The Balaban J connectivity index is 1.96. The summed E-state index contributed by atoms with van der Waals surface area (Å²) in [5.74, 6) is -0.346. The average molecular weight is 362 g/mol. The number of anilines is 2. The van der Waals surface area contributed by atoms with E-state index < -0.39 is 0 Å². The summed E-state index contributed by atoms with van der Waals surface area (Å²) in [6.07, 6.45) is 7.66. The van der Waals surface area contributed by atoms with Crippen molar-refractivity contribution in [3.05, 3.63) is 83.6 Å². The molecular formula is C23H26N2O2. The monoisotopic (exact) mass is 362 g/mol. The SMILES string of the molecule is CN(C)c1ccc(/C=C/C(=O)/C=C(O)/C=C/c2ccc(N(C)C)cc2)cc1. The number of hydrogen-bond acceptors (Lipinski definition) is 4. The Morgan fingerprint density at radius 3 is 1.56 bits per heavy atom. The van der Waals surface area contributed by atoms with Crippen LogP contribution in [0.1, 0.15) is 11.1 Å². The lowest BCUT2D eigenvalue weighted by molar-refractivity contribution is -0.110. The molecule has 1 N–H and O–H groups in total. The Morgan fingerprint density at radius 2 is 1.15 bits per heavy atom. The fourth-order valence-electron chi connectivity index (χ4n) is 2.37. The molecule has 0 saturated carbocycles. The number of nitrogens with zero attached hydrogens (tertiary/aromatic N) is 2. The largest absolute Gasteiger partial charge is 0.508 e. The Morgan fingerprint density at radius 1 is 0.741 bits per heavy atom. The van der Waals surface area contributed by atoms with Crippen molar-refractivity contribution in [1.82, 2.24) is 0 Å². The van der Waals surface area contributed by atoms with Gasteiger partial charge in [-0.15, -0.1) is 0 Å². The number of carbonyl (C=O) groups is 1. The normalized spacial score (nSPS) is 11.9. The van der Waals surface area contributed by atoms with E-state index in [2.05, 4.69) is 0 Å². The van der Waals surface area contributed by atoms with E-state index >= 15 is 0 Å². The Kier molecular flexibility index (Phi) is 7.00. The van der Waals surface area contributed by atoms with Gasteiger partial charge in [0.05, 0.1) is 0 Å². The average Bonchev–Trinajstić information content (AvgIpc) is 2.65. The molecule has 0 atom stereocenters. The molecule has 0 amide bonds. The molecule has 0 saturated heterocycles. The predicted molar refractivity (Wildman–Crippen MR) is 115 cm³/mol. The maximum atomic E-state index is 12.0. The standard InChI is InChI=1S/C23H26N2O2/c1-24(2)20-11-5-18(6-12-20)9-15-22(26)17-23(27)16-10-19-7-13-21(14-8-19)25(3)4/h5-17,26H,1-4H3/b15-9+,16-10+,22-17-. The van der Waals surface area contributed by atoms with Crippen LogP contribution in [-0.4, -0.2) is 39.1 Å². The molecule has 0 heterocycles. The molecule has 2 aromatic carbocycles. The third-order valence-electron chi connectivity index (χ3n) is 4.00. The van der Waals surface area contributed by atoms with E-state index in [1.54, 1.807) is 12.2 Å². The van der Waals surface area contributed by atoms with Gasteiger partial charge in [0.15, 0.2) is 5.78 Å². The number of aliphatic hydroxyl groups is 1. The van der Waals surface area contributed by atoms with Crippen LogP contribution >= 0.6 is 0 Å². The first-order valence-corrected chi connectivity index (χ1v) is 8.71. The van der Waals surface area contributed by atoms with Gasteiger partial charge >= 0.3 is 0 Å². The molecule has 0 fully saturated rings. The molecule has 0 unspecified atom stereocenters. The molecule has 2 rings (SSSR count). The molecule has 140 valence electrons. The summed E-state index contributed by atoms with van der Waals surface area (Å²) in [7, 11) is 7.92. The molecule has 2 aromatic rings. The number of rotatable bonds is 7. The van der Waals surface area contributed by atoms with Crippen molar-refractivity contribution in [3.63, 3.8) is 0 Å². The molecule has 0 aliphatic heterocycles. The van der Waals surface area contributed by atoms with Crippen molar-refractivity contribution >= 4 is 29.3 Å². The van der Waals surface area contributed by atoms with E-state index in [9.17, 15) is 9.90 Å². The first-order valence-electron chi connectivity index (χ1n) is 8.71. The molecule has 0 radical (unpaired) electrons. The quantitative estimate of drug-likeness (QED) is 0.446. The maximum absolute atomic E-state index is 12.0. The van der Waals surface area contributed by atoms with Crippen LogP contribution in [0.15, 0.2) is 72.5 Å². The van der Waals surface area contributed by atoms with E-state index in [0.29, 0.717) is 0 Å². The third kappa shape index (κ3) is 6.51. The van der Waals surface area contributed by atoms with E-state index in [-0.39, 0.29) is 11.5 Å². The Labute approximate surface area is 161 Å². The molecule has 0 aliphatic rings. The van der Waals surface area contributed by atoms with Gasteiger partial charge in [-0.05, 0) is 47.5 Å². The second kappa shape index (κ2) is 9.43. The van der Waals surface area contributed by atoms with Crippen LogP contribution in [0.5, 0.6) is 0 Å². The van der Waals surface area contributed by atoms with Crippen LogP contribution in [0.2, 0.25) is 0 Å². The van der Waals surface area contributed by atoms with Crippen molar-refractivity contribution in [2.75, 3.05) is 38.0 Å². The number of ketones is 1. The number of carbonyl (C=O) groups excluding carboxylic acids is 1. The van der Waals surface area contributed by atoms with E-state index in [4.69, 9.17) is 0 Å². The fourth-order valence-corrected chi connectivity index (χ4v) is 2.37. The van der Waals surface area contributed by atoms with Gasteiger partial charge in [0.25, 0.3) is 0 Å². The van der Waals surface area contributed by atoms with Crippen molar-refractivity contribution in [3.8, 4) is 0 Å². The zero-order valence-electron chi connectivity index (χ0n) is 16.3. The summed E-state index contributed by atoms with van der Waals surface area (Å²) in [4.78, 5) is 16.0. The van der Waals surface area contributed by atoms with Crippen LogP contribution in [0.4, 0.5) is 11.4 Å². The predicted octanol–water partition coefficient (Wildman–Crippen LogP) is 4.56. The second-order valence-corrected chi connectivity index (χ2v) is 6.61. The lowest BCUT2D eigenvalue weighted by atomic mass is 10.1. The van der Waals surface area contributed by atoms with Gasteiger partial charge in [0.1, 0.15) is 5.76 Å². The van der Waals surface area contributed by atoms with Crippen molar-refractivity contribution in [2.45, 2.75) is 0 Å². The Hall–Kier alpha value is -3.27. The molecule has 0 aliphatic carbocycles. The van der Waals surface area contributed by atoms with Crippen molar-refractivity contribution in [1.29, 1.82) is 0 Å². The molecule has 4 nitrogen and oxygen atoms in total. The zero-order valence-corrected chi connectivity index (χ0v) is 16.3. The smallest absolute Gasteiger partial charge is 0.182 e. The summed E-state index contributed by atoms with van der Waals surface area (Å²) >= 11 is 0. The highest BCUT2D eigenvalue weighted by Crippen LogP contribution is 2.14. The number of benzene rings is 2. The maximum Gasteiger partial charge on any atom is 0.182 e.